The summed E-state index contributed by atoms with van der Waals surface area (Å²) in [5, 5.41) is 3.05. The Morgan fingerprint density at radius 2 is 2.12 bits per heavy atom. The molecular formula is C13H19NO2. The molecule has 0 aliphatic heterocycles. The summed E-state index contributed by atoms with van der Waals surface area (Å²) in [5.41, 5.74) is 0.673. The molecule has 0 radical (unpaired) electrons. The van der Waals surface area contributed by atoms with E-state index in [4.69, 9.17) is 4.74 Å². The SMILES string of the molecule is CCC(CNC)C(=O)c1ccccc1OC. The normalized spacial score (nSPS) is 12.2. The van der Waals surface area contributed by atoms with Gasteiger partial charge in [-0.2, -0.15) is 0 Å². The van der Waals surface area contributed by atoms with E-state index in [0.29, 0.717) is 17.9 Å². The number of carbonyl (C=O) groups is 1. The Labute approximate surface area is 96.8 Å². The molecule has 0 heterocycles. The Bertz CT molecular complexity index is 350. The Balaban J connectivity index is 2.93. The van der Waals surface area contributed by atoms with Gasteiger partial charge in [0.15, 0.2) is 5.78 Å². The van der Waals surface area contributed by atoms with Crippen molar-refractivity contribution in [3.63, 3.8) is 0 Å². The average molecular weight is 221 g/mol. The molecule has 0 aromatic heterocycles. The standard InChI is InChI=1S/C13H19NO2/c1-4-10(9-14-2)13(15)11-7-5-6-8-12(11)16-3/h5-8,10,14H,4,9H2,1-3H3. The number of ether oxygens (including phenoxy) is 1. The van der Waals surface area contributed by atoms with Crippen LogP contribution in [0.25, 0.3) is 0 Å². The zero-order chi connectivity index (χ0) is 12.0. The molecule has 1 aromatic carbocycles. The average Bonchev–Trinajstić information content (AvgIpc) is 2.35. The molecule has 1 aromatic rings. The minimum Gasteiger partial charge on any atom is -0.496 e. The first-order valence-electron chi connectivity index (χ1n) is 5.56. The van der Waals surface area contributed by atoms with Gasteiger partial charge in [-0.25, -0.2) is 0 Å². The Kier molecular flexibility index (Phi) is 4.99. The third kappa shape index (κ3) is 2.83. The molecule has 3 heteroatoms. The number of hydrogen-bond acceptors (Lipinski definition) is 3. The highest BCUT2D eigenvalue weighted by molar-refractivity contribution is 6.00. The molecule has 1 rings (SSSR count). The number of para-hydroxylation sites is 1. The predicted octanol–water partition coefficient (Wildman–Crippen LogP) is 2.12. The largest absolute Gasteiger partial charge is 0.496 e. The van der Waals surface area contributed by atoms with Gasteiger partial charge in [-0.3, -0.25) is 4.79 Å². The van der Waals surface area contributed by atoms with Gasteiger partial charge in [0.1, 0.15) is 5.75 Å². The number of ketones is 1. The van der Waals surface area contributed by atoms with E-state index in [2.05, 4.69) is 5.32 Å². The first-order valence-corrected chi connectivity index (χ1v) is 5.56. The van der Waals surface area contributed by atoms with Crippen LogP contribution in [0.4, 0.5) is 0 Å². The summed E-state index contributed by atoms with van der Waals surface area (Å²) in [4.78, 5) is 12.2. The molecule has 0 aliphatic rings. The van der Waals surface area contributed by atoms with Gasteiger partial charge in [0.2, 0.25) is 0 Å². The summed E-state index contributed by atoms with van der Waals surface area (Å²) in [7, 11) is 3.45. The van der Waals surface area contributed by atoms with Gasteiger partial charge in [0.05, 0.1) is 12.7 Å². The smallest absolute Gasteiger partial charge is 0.170 e. The van der Waals surface area contributed by atoms with Gasteiger partial charge < -0.3 is 10.1 Å². The van der Waals surface area contributed by atoms with Gasteiger partial charge in [0.25, 0.3) is 0 Å². The predicted molar refractivity (Wildman–Crippen MR) is 65.0 cm³/mol. The minimum absolute atomic E-state index is 0.0151. The highest BCUT2D eigenvalue weighted by atomic mass is 16.5. The number of Topliss-reactive ketones (excluding diaryl/α,β-unsaturated/α-hetero) is 1. The van der Waals surface area contributed by atoms with Gasteiger partial charge in [-0.15, -0.1) is 0 Å². The molecule has 3 nitrogen and oxygen atoms in total. The van der Waals surface area contributed by atoms with Crippen LogP contribution in [0.1, 0.15) is 23.7 Å². The molecule has 1 N–H and O–H groups in total. The van der Waals surface area contributed by atoms with E-state index < -0.39 is 0 Å². The molecule has 0 saturated heterocycles. The summed E-state index contributed by atoms with van der Waals surface area (Å²) in [6.45, 7) is 2.72. The van der Waals surface area contributed by atoms with Crippen molar-refractivity contribution < 1.29 is 9.53 Å². The molecule has 0 bridgehead atoms. The van der Waals surface area contributed by atoms with E-state index in [1.807, 2.05) is 38.2 Å². The van der Waals surface area contributed by atoms with Crippen molar-refractivity contribution >= 4 is 5.78 Å². The Hall–Kier alpha value is -1.35. The zero-order valence-electron chi connectivity index (χ0n) is 10.1. The number of rotatable bonds is 6. The number of carbonyl (C=O) groups excluding carboxylic acids is 1. The van der Waals surface area contributed by atoms with Crippen LogP contribution < -0.4 is 10.1 Å². The lowest BCUT2D eigenvalue weighted by Gasteiger charge is -2.15. The van der Waals surface area contributed by atoms with E-state index in [9.17, 15) is 4.79 Å². The second-order valence-electron chi connectivity index (χ2n) is 3.73. The van der Waals surface area contributed by atoms with E-state index in [-0.39, 0.29) is 11.7 Å². The lowest BCUT2D eigenvalue weighted by atomic mass is 9.94. The van der Waals surface area contributed by atoms with Crippen molar-refractivity contribution in [1.82, 2.24) is 5.32 Å². The van der Waals surface area contributed by atoms with E-state index in [1.54, 1.807) is 7.11 Å². The van der Waals surface area contributed by atoms with Gasteiger partial charge in [-0.05, 0) is 25.6 Å². The van der Waals surface area contributed by atoms with E-state index in [1.165, 1.54) is 0 Å². The summed E-state index contributed by atoms with van der Waals surface area (Å²) in [5.74, 6) is 0.817. The lowest BCUT2D eigenvalue weighted by molar-refractivity contribution is 0.0913. The minimum atomic E-state index is 0.0151. The molecule has 0 saturated carbocycles. The third-order valence-corrected chi connectivity index (χ3v) is 2.69. The molecule has 0 aliphatic carbocycles. The van der Waals surface area contributed by atoms with Crippen molar-refractivity contribution in [2.45, 2.75) is 13.3 Å². The maximum Gasteiger partial charge on any atom is 0.170 e. The van der Waals surface area contributed by atoms with Gasteiger partial charge >= 0.3 is 0 Å². The molecular weight excluding hydrogens is 202 g/mol. The van der Waals surface area contributed by atoms with Crippen LogP contribution in [0, 0.1) is 5.92 Å². The topological polar surface area (TPSA) is 38.3 Å². The summed E-state index contributed by atoms with van der Waals surface area (Å²) in [6.07, 6.45) is 0.831. The molecule has 1 atom stereocenters. The van der Waals surface area contributed by atoms with E-state index in [0.717, 1.165) is 6.42 Å². The first kappa shape index (κ1) is 12.7. The van der Waals surface area contributed by atoms with Crippen LogP contribution in [0.2, 0.25) is 0 Å². The van der Waals surface area contributed by atoms with Crippen LogP contribution in [0.3, 0.4) is 0 Å². The summed E-state index contributed by atoms with van der Waals surface area (Å²) in [6, 6.07) is 7.37. The fourth-order valence-electron chi connectivity index (χ4n) is 1.74. The van der Waals surface area contributed by atoms with Crippen LogP contribution in [0.15, 0.2) is 24.3 Å². The highest BCUT2D eigenvalue weighted by Gasteiger charge is 2.20. The molecule has 0 spiro atoms. The molecule has 1 unspecified atom stereocenters. The second kappa shape index (κ2) is 6.28. The van der Waals surface area contributed by atoms with Crippen LogP contribution in [-0.2, 0) is 0 Å². The van der Waals surface area contributed by atoms with Gasteiger partial charge in [0, 0.05) is 12.5 Å². The third-order valence-electron chi connectivity index (χ3n) is 2.69. The monoisotopic (exact) mass is 221 g/mol. The Morgan fingerprint density at radius 1 is 1.44 bits per heavy atom. The fourth-order valence-corrected chi connectivity index (χ4v) is 1.74. The number of nitrogens with one attached hydrogen (secondary N) is 1. The highest BCUT2D eigenvalue weighted by Crippen LogP contribution is 2.21. The van der Waals surface area contributed by atoms with Crippen molar-refractivity contribution in [3.05, 3.63) is 29.8 Å². The molecule has 16 heavy (non-hydrogen) atoms. The molecule has 88 valence electrons. The van der Waals surface area contributed by atoms with E-state index >= 15 is 0 Å². The van der Waals surface area contributed by atoms with Crippen molar-refractivity contribution in [2.24, 2.45) is 5.92 Å². The van der Waals surface area contributed by atoms with Crippen LogP contribution in [0.5, 0.6) is 5.75 Å². The van der Waals surface area contributed by atoms with Crippen molar-refractivity contribution in [2.75, 3.05) is 20.7 Å². The number of hydrogen-bond donors (Lipinski definition) is 1. The summed E-state index contributed by atoms with van der Waals surface area (Å²) < 4.78 is 5.20. The summed E-state index contributed by atoms with van der Waals surface area (Å²) >= 11 is 0. The number of benzene rings is 1. The zero-order valence-corrected chi connectivity index (χ0v) is 10.1. The quantitative estimate of drug-likeness (QED) is 0.748. The van der Waals surface area contributed by atoms with Crippen molar-refractivity contribution in [1.29, 1.82) is 0 Å². The molecule has 0 fully saturated rings. The van der Waals surface area contributed by atoms with Gasteiger partial charge in [-0.1, -0.05) is 19.1 Å². The van der Waals surface area contributed by atoms with Crippen LogP contribution >= 0.6 is 0 Å². The number of methoxy groups -OCH3 is 1. The Morgan fingerprint density at radius 3 is 2.69 bits per heavy atom. The lowest BCUT2D eigenvalue weighted by Crippen LogP contribution is -2.26. The molecule has 0 amide bonds. The second-order valence-corrected chi connectivity index (χ2v) is 3.73. The fraction of sp³-hybridized carbons (Fsp3) is 0.462. The van der Waals surface area contributed by atoms with Crippen molar-refractivity contribution in [3.8, 4) is 5.75 Å². The van der Waals surface area contributed by atoms with Crippen LogP contribution in [-0.4, -0.2) is 26.5 Å². The maximum absolute atomic E-state index is 12.2. The maximum atomic E-state index is 12.2. The first-order chi connectivity index (χ1) is 7.74.